The summed E-state index contributed by atoms with van der Waals surface area (Å²) in [7, 11) is -0.840. The highest BCUT2D eigenvalue weighted by Gasteiger charge is 2.27. The van der Waals surface area contributed by atoms with Gasteiger partial charge in [0.25, 0.3) is 0 Å². The average molecular weight is 295 g/mol. The molecule has 112 valence electrons. The van der Waals surface area contributed by atoms with E-state index in [1.807, 2.05) is 7.05 Å². The molecule has 1 aliphatic carbocycles. The van der Waals surface area contributed by atoms with Crippen molar-refractivity contribution in [2.24, 2.45) is 5.92 Å². The highest BCUT2D eigenvalue weighted by molar-refractivity contribution is 7.91. The van der Waals surface area contributed by atoms with Crippen molar-refractivity contribution in [3.05, 3.63) is 35.4 Å². The van der Waals surface area contributed by atoms with Crippen LogP contribution in [0.2, 0.25) is 0 Å². The largest absolute Gasteiger partial charge is 0.317 e. The Bertz CT molecular complexity index is 514. The minimum atomic E-state index is -2.83. The molecular formula is C16H25NO2S. The summed E-state index contributed by atoms with van der Waals surface area (Å²) in [4.78, 5) is 0. The molecule has 4 heteroatoms. The van der Waals surface area contributed by atoms with E-state index >= 15 is 0 Å². The van der Waals surface area contributed by atoms with Crippen LogP contribution in [0.15, 0.2) is 24.3 Å². The Morgan fingerprint density at radius 1 is 1.25 bits per heavy atom. The van der Waals surface area contributed by atoms with E-state index in [2.05, 4.69) is 29.6 Å². The van der Waals surface area contributed by atoms with E-state index in [1.54, 1.807) is 6.92 Å². The van der Waals surface area contributed by atoms with Crippen molar-refractivity contribution in [3.63, 3.8) is 0 Å². The third kappa shape index (κ3) is 3.83. The van der Waals surface area contributed by atoms with E-state index in [0.717, 1.165) is 25.7 Å². The van der Waals surface area contributed by atoms with Gasteiger partial charge in [0.15, 0.2) is 0 Å². The van der Waals surface area contributed by atoms with Crippen molar-refractivity contribution in [2.45, 2.75) is 38.6 Å². The van der Waals surface area contributed by atoms with Crippen LogP contribution < -0.4 is 5.32 Å². The van der Waals surface area contributed by atoms with Gasteiger partial charge < -0.3 is 5.32 Å². The highest BCUT2D eigenvalue weighted by Crippen LogP contribution is 2.30. The Balaban J connectivity index is 1.88. The van der Waals surface area contributed by atoms with Gasteiger partial charge in [-0.3, -0.25) is 0 Å². The minimum Gasteiger partial charge on any atom is -0.317 e. The number of rotatable bonds is 7. The predicted molar refractivity (Wildman–Crippen MR) is 83.7 cm³/mol. The van der Waals surface area contributed by atoms with Gasteiger partial charge in [-0.25, -0.2) is 8.42 Å². The van der Waals surface area contributed by atoms with Crippen LogP contribution in [0, 0.1) is 5.92 Å². The molecule has 0 aromatic heterocycles. The van der Waals surface area contributed by atoms with Crippen LogP contribution in [0.3, 0.4) is 0 Å². The van der Waals surface area contributed by atoms with E-state index in [-0.39, 0.29) is 5.75 Å². The van der Waals surface area contributed by atoms with Gasteiger partial charge in [-0.15, -0.1) is 0 Å². The summed E-state index contributed by atoms with van der Waals surface area (Å²) >= 11 is 0. The first kappa shape index (κ1) is 15.5. The molecule has 1 aromatic rings. The van der Waals surface area contributed by atoms with Crippen LogP contribution in [-0.4, -0.2) is 33.0 Å². The summed E-state index contributed by atoms with van der Waals surface area (Å²) in [6.45, 7) is 1.72. The van der Waals surface area contributed by atoms with Crippen molar-refractivity contribution in [1.29, 1.82) is 0 Å². The first-order valence-corrected chi connectivity index (χ1v) is 9.32. The van der Waals surface area contributed by atoms with Crippen molar-refractivity contribution < 1.29 is 8.42 Å². The lowest BCUT2D eigenvalue weighted by Gasteiger charge is -2.22. The minimum absolute atomic E-state index is 0.256. The van der Waals surface area contributed by atoms with Crippen LogP contribution in [0.25, 0.3) is 0 Å². The molecule has 0 amide bonds. The topological polar surface area (TPSA) is 46.2 Å². The van der Waals surface area contributed by atoms with Crippen molar-refractivity contribution in [2.75, 3.05) is 18.6 Å². The van der Waals surface area contributed by atoms with Gasteiger partial charge in [0.1, 0.15) is 9.84 Å². The fourth-order valence-electron chi connectivity index (χ4n) is 3.16. The van der Waals surface area contributed by atoms with Crippen LogP contribution in [0.4, 0.5) is 0 Å². The number of hydrogen-bond acceptors (Lipinski definition) is 3. The molecule has 0 heterocycles. The zero-order valence-electron chi connectivity index (χ0n) is 12.4. The van der Waals surface area contributed by atoms with Gasteiger partial charge >= 0.3 is 0 Å². The SMILES string of the molecule is CCS(=O)(=O)CCCC(NC)C1Cc2ccccc2C1. The zero-order valence-corrected chi connectivity index (χ0v) is 13.2. The van der Waals surface area contributed by atoms with Gasteiger partial charge in [-0.05, 0) is 49.8 Å². The normalized spacial score (nSPS) is 17.1. The molecule has 1 atom stereocenters. The Morgan fingerprint density at radius 3 is 2.35 bits per heavy atom. The van der Waals surface area contributed by atoms with Crippen molar-refractivity contribution in [1.82, 2.24) is 5.32 Å². The number of nitrogens with one attached hydrogen (secondary N) is 1. The molecule has 3 nitrogen and oxygen atoms in total. The van der Waals surface area contributed by atoms with Gasteiger partial charge in [0, 0.05) is 11.8 Å². The van der Waals surface area contributed by atoms with E-state index in [9.17, 15) is 8.42 Å². The smallest absolute Gasteiger partial charge is 0.150 e. The van der Waals surface area contributed by atoms with Gasteiger partial charge in [0.05, 0.1) is 5.75 Å². The Hall–Kier alpha value is -0.870. The molecule has 1 aromatic carbocycles. The fraction of sp³-hybridized carbons (Fsp3) is 0.625. The summed E-state index contributed by atoms with van der Waals surface area (Å²) in [6.07, 6.45) is 3.92. The first-order valence-electron chi connectivity index (χ1n) is 7.50. The molecule has 2 rings (SSSR count). The van der Waals surface area contributed by atoms with Crippen LogP contribution >= 0.6 is 0 Å². The maximum Gasteiger partial charge on any atom is 0.150 e. The molecular weight excluding hydrogens is 270 g/mol. The molecule has 0 radical (unpaired) electrons. The maximum atomic E-state index is 11.5. The predicted octanol–water partition coefficient (Wildman–Crippen LogP) is 2.20. The maximum absolute atomic E-state index is 11.5. The van der Waals surface area contributed by atoms with Gasteiger partial charge in [0.2, 0.25) is 0 Å². The molecule has 0 fully saturated rings. The third-order valence-corrected chi connectivity index (χ3v) is 6.22. The second-order valence-corrected chi connectivity index (χ2v) is 8.18. The summed E-state index contributed by atoms with van der Waals surface area (Å²) in [6, 6.07) is 9.04. The standard InChI is InChI=1S/C16H25NO2S/c1-3-20(18,19)10-6-9-16(17-2)15-11-13-7-4-5-8-14(13)12-15/h4-5,7-8,15-17H,3,6,9-12H2,1-2H3. The van der Waals surface area contributed by atoms with Gasteiger partial charge in [-0.2, -0.15) is 0 Å². The van der Waals surface area contributed by atoms with E-state index in [0.29, 0.717) is 17.7 Å². The number of fused-ring (bicyclic) bond motifs is 1. The van der Waals surface area contributed by atoms with Crippen LogP contribution in [0.5, 0.6) is 0 Å². The van der Waals surface area contributed by atoms with E-state index < -0.39 is 9.84 Å². The number of sulfone groups is 1. The number of hydrogen-bond donors (Lipinski definition) is 1. The zero-order chi connectivity index (χ0) is 14.6. The second-order valence-electron chi connectivity index (χ2n) is 5.71. The van der Waals surface area contributed by atoms with Crippen LogP contribution in [0.1, 0.15) is 30.9 Å². The lowest BCUT2D eigenvalue weighted by atomic mass is 9.93. The Morgan fingerprint density at radius 2 is 1.85 bits per heavy atom. The summed E-state index contributed by atoms with van der Waals surface area (Å²) in [5.74, 6) is 1.18. The molecule has 0 saturated carbocycles. The summed E-state index contributed by atoms with van der Waals surface area (Å²) in [5.41, 5.74) is 2.91. The van der Waals surface area contributed by atoms with E-state index in [4.69, 9.17) is 0 Å². The lowest BCUT2D eigenvalue weighted by Crippen LogP contribution is -2.34. The summed E-state index contributed by atoms with van der Waals surface area (Å²) in [5, 5.41) is 3.39. The Labute approximate surface area is 122 Å². The molecule has 0 saturated heterocycles. The molecule has 20 heavy (non-hydrogen) atoms. The summed E-state index contributed by atoms with van der Waals surface area (Å²) < 4.78 is 23.1. The molecule has 0 aliphatic heterocycles. The number of benzene rings is 1. The fourth-order valence-corrected chi connectivity index (χ4v) is 4.06. The molecule has 0 bridgehead atoms. The Kier molecular flexibility index (Phi) is 5.22. The van der Waals surface area contributed by atoms with Crippen molar-refractivity contribution >= 4 is 9.84 Å². The quantitative estimate of drug-likeness (QED) is 0.839. The molecule has 0 spiro atoms. The van der Waals surface area contributed by atoms with E-state index in [1.165, 1.54) is 11.1 Å². The lowest BCUT2D eigenvalue weighted by molar-refractivity contribution is 0.363. The average Bonchev–Trinajstić information content (AvgIpc) is 2.87. The monoisotopic (exact) mass is 295 g/mol. The van der Waals surface area contributed by atoms with Gasteiger partial charge in [-0.1, -0.05) is 31.2 Å². The van der Waals surface area contributed by atoms with Crippen molar-refractivity contribution in [3.8, 4) is 0 Å². The molecule has 1 unspecified atom stereocenters. The first-order chi connectivity index (χ1) is 9.55. The second kappa shape index (κ2) is 6.72. The molecule has 1 N–H and O–H groups in total. The third-order valence-electron chi connectivity index (χ3n) is 4.43. The molecule has 1 aliphatic rings. The highest BCUT2D eigenvalue weighted by atomic mass is 32.2. The van der Waals surface area contributed by atoms with Crippen LogP contribution in [-0.2, 0) is 22.7 Å².